The van der Waals surface area contributed by atoms with Crippen LogP contribution in [0.5, 0.6) is 0 Å². The topological polar surface area (TPSA) is 37.8 Å². The Balaban J connectivity index is 1.53. The first-order valence-electron chi connectivity index (χ1n) is 7.55. The van der Waals surface area contributed by atoms with E-state index in [1.54, 1.807) is 6.33 Å². The second-order valence-corrected chi connectivity index (χ2v) is 7.08. The normalized spacial score (nSPS) is 13.5. The second kappa shape index (κ2) is 5.86. The van der Waals surface area contributed by atoms with Gasteiger partial charge in [0.2, 0.25) is 0 Å². The molecule has 0 spiro atoms. The fourth-order valence-electron chi connectivity index (χ4n) is 3.04. The third kappa shape index (κ3) is 2.57. The van der Waals surface area contributed by atoms with Crippen molar-refractivity contribution in [2.75, 3.05) is 11.9 Å². The highest BCUT2D eigenvalue weighted by atomic mass is 35.5. The average molecular weight is 330 g/mol. The van der Waals surface area contributed by atoms with Gasteiger partial charge in [0.15, 0.2) is 0 Å². The maximum Gasteiger partial charge on any atom is 0.138 e. The van der Waals surface area contributed by atoms with Gasteiger partial charge >= 0.3 is 0 Å². The summed E-state index contributed by atoms with van der Waals surface area (Å²) in [6.45, 7) is 0.859. The molecule has 1 aromatic carbocycles. The number of fused-ring (bicyclic) bond motifs is 3. The van der Waals surface area contributed by atoms with Gasteiger partial charge in [0, 0.05) is 16.4 Å². The summed E-state index contributed by atoms with van der Waals surface area (Å²) in [5.74, 6) is 0.985. The number of nitrogens with zero attached hydrogens (tertiary/aromatic N) is 2. The van der Waals surface area contributed by atoms with Crippen LogP contribution in [0.25, 0.3) is 10.2 Å². The van der Waals surface area contributed by atoms with Crippen LogP contribution in [0.2, 0.25) is 5.02 Å². The molecule has 3 nitrogen and oxygen atoms in total. The zero-order valence-electron chi connectivity index (χ0n) is 12.1. The molecular formula is C17H16ClN3S. The van der Waals surface area contributed by atoms with Crippen molar-refractivity contribution < 1.29 is 0 Å². The Kier molecular flexibility index (Phi) is 3.72. The molecule has 2 heterocycles. The molecule has 0 radical (unpaired) electrons. The van der Waals surface area contributed by atoms with E-state index >= 15 is 0 Å². The lowest BCUT2D eigenvalue weighted by atomic mass is 10.1. The van der Waals surface area contributed by atoms with Crippen molar-refractivity contribution in [1.82, 2.24) is 9.97 Å². The summed E-state index contributed by atoms with van der Waals surface area (Å²) >= 11 is 7.74. The number of nitrogens with one attached hydrogen (secondary N) is 1. The van der Waals surface area contributed by atoms with Crippen LogP contribution in [0, 0.1) is 0 Å². The lowest BCUT2D eigenvalue weighted by molar-refractivity contribution is 0.916. The van der Waals surface area contributed by atoms with Crippen molar-refractivity contribution in [2.45, 2.75) is 25.7 Å². The first-order valence-corrected chi connectivity index (χ1v) is 8.74. The van der Waals surface area contributed by atoms with Gasteiger partial charge in [-0.1, -0.05) is 23.7 Å². The minimum absolute atomic E-state index is 0.781. The molecule has 1 aliphatic carbocycles. The standard InChI is InChI=1S/C17H16ClN3S/c18-12-6-4-11(5-7-12)8-9-19-16-15-13-2-1-3-14(13)22-17(15)21-10-20-16/h4-7,10H,1-3,8-9H2,(H,19,20,21). The van der Waals surface area contributed by atoms with Crippen LogP contribution in [0.4, 0.5) is 5.82 Å². The fraction of sp³-hybridized carbons (Fsp3) is 0.294. The van der Waals surface area contributed by atoms with Crippen LogP contribution in [-0.2, 0) is 19.3 Å². The Bertz CT molecular complexity index is 811. The average Bonchev–Trinajstić information content (AvgIpc) is 3.10. The third-order valence-electron chi connectivity index (χ3n) is 4.12. The van der Waals surface area contributed by atoms with Crippen LogP contribution < -0.4 is 5.32 Å². The lowest BCUT2D eigenvalue weighted by Crippen LogP contribution is -2.07. The van der Waals surface area contributed by atoms with Gasteiger partial charge in [-0.2, -0.15) is 0 Å². The largest absolute Gasteiger partial charge is 0.369 e. The summed E-state index contributed by atoms with van der Waals surface area (Å²) in [5, 5.41) is 5.52. The predicted octanol–water partition coefficient (Wildman–Crippen LogP) is 4.49. The number of aryl methyl sites for hydroxylation is 2. The van der Waals surface area contributed by atoms with Gasteiger partial charge in [-0.05, 0) is 48.9 Å². The van der Waals surface area contributed by atoms with E-state index in [1.807, 2.05) is 23.5 Å². The quantitative estimate of drug-likeness (QED) is 0.766. The van der Waals surface area contributed by atoms with E-state index in [0.29, 0.717) is 0 Å². The molecule has 0 aliphatic heterocycles. The summed E-state index contributed by atoms with van der Waals surface area (Å²) in [6, 6.07) is 8.01. The van der Waals surface area contributed by atoms with Gasteiger partial charge in [0.05, 0.1) is 5.39 Å². The molecular weight excluding hydrogens is 314 g/mol. The number of halogens is 1. The van der Waals surface area contributed by atoms with E-state index in [4.69, 9.17) is 11.6 Å². The SMILES string of the molecule is Clc1ccc(CCNc2ncnc3sc4c(c23)CCC4)cc1. The van der Waals surface area contributed by atoms with Crippen molar-refractivity contribution >= 4 is 39.0 Å². The van der Waals surface area contributed by atoms with E-state index in [-0.39, 0.29) is 0 Å². The predicted molar refractivity (Wildman–Crippen MR) is 93.1 cm³/mol. The molecule has 0 saturated carbocycles. The lowest BCUT2D eigenvalue weighted by Gasteiger charge is -2.08. The first kappa shape index (κ1) is 14.0. The molecule has 3 aromatic rings. The molecule has 1 aliphatic rings. The van der Waals surface area contributed by atoms with Gasteiger partial charge in [-0.15, -0.1) is 11.3 Å². The van der Waals surface area contributed by atoms with E-state index in [1.165, 1.54) is 34.2 Å². The molecule has 0 fully saturated rings. The number of hydrogen-bond acceptors (Lipinski definition) is 4. The highest BCUT2D eigenvalue weighted by Crippen LogP contribution is 2.38. The van der Waals surface area contributed by atoms with Crippen LogP contribution in [0.15, 0.2) is 30.6 Å². The van der Waals surface area contributed by atoms with Gasteiger partial charge in [-0.25, -0.2) is 9.97 Å². The number of aromatic nitrogens is 2. The first-order chi connectivity index (χ1) is 10.8. The van der Waals surface area contributed by atoms with Gasteiger partial charge in [-0.3, -0.25) is 0 Å². The molecule has 1 N–H and O–H groups in total. The summed E-state index contributed by atoms with van der Waals surface area (Å²) < 4.78 is 0. The Hall–Kier alpha value is -1.65. The van der Waals surface area contributed by atoms with E-state index < -0.39 is 0 Å². The minimum Gasteiger partial charge on any atom is -0.369 e. The second-order valence-electron chi connectivity index (χ2n) is 5.56. The van der Waals surface area contributed by atoms with Crippen molar-refractivity contribution in [3.63, 3.8) is 0 Å². The van der Waals surface area contributed by atoms with Crippen LogP contribution in [0.3, 0.4) is 0 Å². The molecule has 0 amide bonds. The van der Waals surface area contributed by atoms with Crippen molar-refractivity contribution in [3.05, 3.63) is 51.6 Å². The van der Waals surface area contributed by atoms with Crippen molar-refractivity contribution in [3.8, 4) is 0 Å². The molecule has 22 heavy (non-hydrogen) atoms. The highest BCUT2D eigenvalue weighted by Gasteiger charge is 2.20. The number of rotatable bonds is 4. The molecule has 5 heteroatoms. The molecule has 0 saturated heterocycles. The maximum atomic E-state index is 5.92. The van der Waals surface area contributed by atoms with Gasteiger partial charge < -0.3 is 5.32 Å². The summed E-state index contributed by atoms with van der Waals surface area (Å²) in [5.41, 5.74) is 2.74. The minimum atomic E-state index is 0.781. The van der Waals surface area contributed by atoms with Crippen molar-refractivity contribution in [2.24, 2.45) is 0 Å². The monoisotopic (exact) mass is 329 g/mol. The molecule has 4 rings (SSSR count). The van der Waals surface area contributed by atoms with Gasteiger partial charge in [0.25, 0.3) is 0 Å². The molecule has 112 valence electrons. The zero-order chi connectivity index (χ0) is 14.9. The highest BCUT2D eigenvalue weighted by molar-refractivity contribution is 7.19. The number of benzene rings is 1. The third-order valence-corrected chi connectivity index (χ3v) is 5.57. The van der Waals surface area contributed by atoms with Gasteiger partial charge in [0.1, 0.15) is 17.0 Å². The fourth-order valence-corrected chi connectivity index (χ4v) is 4.39. The maximum absolute atomic E-state index is 5.92. The van der Waals surface area contributed by atoms with Crippen LogP contribution in [-0.4, -0.2) is 16.5 Å². The smallest absolute Gasteiger partial charge is 0.138 e. The Morgan fingerprint density at radius 2 is 2.00 bits per heavy atom. The zero-order valence-corrected chi connectivity index (χ0v) is 13.7. The molecule has 0 unspecified atom stereocenters. The Morgan fingerprint density at radius 1 is 1.14 bits per heavy atom. The number of anilines is 1. The molecule has 0 bridgehead atoms. The number of hydrogen-bond donors (Lipinski definition) is 1. The van der Waals surface area contributed by atoms with Crippen LogP contribution in [0.1, 0.15) is 22.4 Å². The molecule has 2 aromatic heterocycles. The Morgan fingerprint density at radius 3 is 2.86 bits per heavy atom. The summed E-state index contributed by atoms with van der Waals surface area (Å²) in [6.07, 6.45) is 6.24. The van der Waals surface area contributed by atoms with E-state index in [9.17, 15) is 0 Å². The van der Waals surface area contributed by atoms with Crippen molar-refractivity contribution in [1.29, 1.82) is 0 Å². The Labute approximate surface area is 138 Å². The summed E-state index contributed by atoms with van der Waals surface area (Å²) in [7, 11) is 0. The summed E-state index contributed by atoms with van der Waals surface area (Å²) in [4.78, 5) is 11.5. The van der Waals surface area contributed by atoms with E-state index in [2.05, 4.69) is 27.4 Å². The molecule has 0 atom stereocenters. The number of thiophene rings is 1. The van der Waals surface area contributed by atoms with E-state index in [0.717, 1.165) is 35.1 Å². The van der Waals surface area contributed by atoms with Crippen LogP contribution >= 0.6 is 22.9 Å².